The van der Waals surface area contributed by atoms with Gasteiger partial charge in [-0.05, 0) is 6.07 Å². The Morgan fingerprint density at radius 1 is 1.23 bits per heavy atom. The highest BCUT2D eigenvalue weighted by molar-refractivity contribution is 6.22. The summed E-state index contributed by atoms with van der Waals surface area (Å²) in [6, 6.07) is 5.35. The molecule has 0 radical (unpaired) electrons. The Labute approximate surface area is 126 Å². The number of ether oxygens (including phenoxy) is 1. The number of imide groups is 1. The number of para-hydroxylation sites is 2. The number of carbonyl (C=O) groups excluding carboxylic acids is 2. The summed E-state index contributed by atoms with van der Waals surface area (Å²) < 4.78 is 5.26. The lowest BCUT2D eigenvalue weighted by Crippen LogP contribution is -3.18. The SMILES string of the molecule is O=C1C[C@H]([NH+]2CCOCC2)C(=O)N1c1ccccc1[N+](=O)[O-]. The fourth-order valence-corrected chi connectivity index (χ4v) is 2.99. The van der Waals surface area contributed by atoms with Gasteiger partial charge in [0.25, 0.3) is 11.6 Å². The third-order valence-electron chi connectivity index (χ3n) is 4.09. The van der Waals surface area contributed by atoms with E-state index in [9.17, 15) is 19.7 Å². The molecule has 0 bridgehead atoms. The molecule has 0 unspecified atom stereocenters. The predicted molar refractivity (Wildman–Crippen MR) is 75.5 cm³/mol. The van der Waals surface area contributed by atoms with Crippen LogP contribution in [0.25, 0.3) is 0 Å². The molecule has 1 aromatic carbocycles. The number of benzene rings is 1. The van der Waals surface area contributed by atoms with Crippen molar-refractivity contribution < 1.29 is 24.1 Å². The number of hydrogen-bond acceptors (Lipinski definition) is 5. The minimum absolute atomic E-state index is 0.0534. The third kappa shape index (κ3) is 2.46. The van der Waals surface area contributed by atoms with Crippen molar-refractivity contribution in [2.24, 2.45) is 0 Å². The summed E-state index contributed by atoms with van der Waals surface area (Å²) in [6.07, 6.45) is 0.0835. The molecule has 0 saturated carbocycles. The first-order valence-electron chi connectivity index (χ1n) is 7.12. The van der Waals surface area contributed by atoms with Gasteiger partial charge in [-0.25, -0.2) is 4.90 Å². The van der Waals surface area contributed by atoms with Gasteiger partial charge in [0, 0.05) is 6.07 Å². The zero-order valence-electron chi connectivity index (χ0n) is 11.9. The van der Waals surface area contributed by atoms with E-state index in [1.807, 2.05) is 0 Å². The van der Waals surface area contributed by atoms with Crippen molar-refractivity contribution >= 4 is 23.2 Å². The van der Waals surface area contributed by atoms with Gasteiger partial charge in [0.2, 0.25) is 5.91 Å². The maximum atomic E-state index is 12.6. The van der Waals surface area contributed by atoms with Crippen LogP contribution in [0, 0.1) is 10.1 Å². The predicted octanol–water partition coefficient (Wildman–Crippen LogP) is -0.858. The van der Waals surface area contributed by atoms with Crippen LogP contribution in [0.4, 0.5) is 11.4 Å². The van der Waals surface area contributed by atoms with E-state index >= 15 is 0 Å². The summed E-state index contributed by atoms with van der Waals surface area (Å²) in [4.78, 5) is 37.4. The molecule has 1 N–H and O–H groups in total. The summed E-state index contributed by atoms with van der Waals surface area (Å²) in [5, 5.41) is 11.1. The molecule has 8 heteroatoms. The first-order valence-corrected chi connectivity index (χ1v) is 7.12. The van der Waals surface area contributed by atoms with Crippen LogP contribution in [0.1, 0.15) is 6.42 Å². The van der Waals surface area contributed by atoms with Gasteiger partial charge in [-0.15, -0.1) is 0 Å². The lowest BCUT2D eigenvalue weighted by molar-refractivity contribution is -0.922. The number of rotatable bonds is 3. The molecule has 22 heavy (non-hydrogen) atoms. The summed E-state index contributed by atoms with van der Waals surface area (Å²) in [5.41, 5.74) is -0.181. The van der Waals surface area contributed by atoms with E-state index in [1.54, 1.807) is 6.07 Å². The van der Waals surface area contributed by atoms with Crippen molar-refractivity contribution in [3.05, 3.63) is 34.4 Å². The van der Waals surface area contributed by atoms with Crippen LogP contribution in [0.3, 0.4) is 0 Å². The van der Waals surface area contributed by atoms with Crippen molar-refractivity contribution in [2.45, 2.75) is 12.5 Å². The molecular weight excluding hydrogens is 290 g/mol. The average molecular weight is 306 g/mol. The van der Waals surface area contributed by atoms with Crippen molar-refractivity contribution in [1.29, 1.82) is 0 Å². The Morgan fingerprint density at radius 2 is 1.91 bits per heavy atom. The second kappa shape index (κ2) is 5.82. The summed E-state index contributed by atoms with van der Waals surface area (Å²) in [6.45, 7) is 2.43. The number of nitro groups is 1. The maximum absolute atomic E-state index is 12.6. The van der Waals surface area contributed by atoms with E-state index < -0.39 is 11.0 Å². The van der Waals surface area contributed by atoms with Crippen molar-refractivity contribution in [3.8, 4) is 0 Å². The molecule has 0 spiro atoms. The standard InChI is InChI=1S/C14H15N3O5/c18-13-9-12(15-5-7-22-8-6-15)14(19)16(13)10-3-1-2-4-11(10)17(20)21/h1-4,12H,5-9H2/p+1/t12-/m0/s1. The number of carbonyl (C=O) groups is 2. The largest absolute Gasteiger partial charge is 0.370 e. The van der Waals surface area contributed by atoms with Crippen LogP contribution in [-0.2, 0) is 14.3 Å². The van der Waals surface area contributed by atoms with Crippen molar-refractivity contribution in [2.75, 3.05) is 31.2 Å². The molecule has 2 heterocycles. The first kappa shape index (κ1) is 14.6. The number of anilines is 1. The second-order valence-electron chi connectivity index (χ2n) is 5.34. The number of amides is 2. The number of hydrogen-bond donors (Lipinski definition) is 1. The van der Waals surface area contributed by atoms with Crippen LogP contribution in [0.5, 0.6) is 0 Å². The molecule has 1 atom stereocenters. The Bertz CT molecular complexity index is 627. The Kier molecular flexibility index (Phi) is 3.86. The van der Waals surface area contributed by atoms with E-state index in [-0.39, 0.29) is 29.6 Å². The van der Waals surface area contributed by atoms with E-state index in [4.69, 9.17) is 4.74 Å². The fraction of sp³-hybridized carbons (Fsp3) is 0.429. The van der Waals surface area contributed by atoms with Crippen LogP contribution < -0.4 is 9.80 Å². The second-order valence-corrected chi connectivity index (χ2v) is 5.34. The van der Waals surface area contributed by atoms with Crippen LogP contribution >= 0.6 is 0 Å². The zero-order chi connectivity index (χ0) is 15.7. The monoisotopic (exact) mass is 306 g/mol. The highest BCUT2D eigenvalue weighted by atomic mass is 16.6. The highest BCUT2D eigenvalue weighted by Crippen LogP contribution is 2.31. The number of morpholine rings is 1. The van der Waals surface area contributed by atoms with Gasteiger partial charge in [-0.1, -0.05) is 12.1 Å². The molecule has 2 saturated heterocycles. The quantitative estimate of drug-likeness (QED) is 0.445. The van der Waals surface area contributed by atoms with E-state index in [0.717, 1.165) is 9.80 Å². The van der Waals surface area contributed by atoms with E-state index in [2.05, 4.69) is 0 Å². The number of nitrogens with zero attached hydrogens (tertiary/aromatic N) is 2. The first-order chi connectivity index (χ1) is 10.6. The van der Waals surface area contributed by atoms with E-state index in [1.165, 1.54) is 18.2 Å². The summed E-state index contributed by atoms with van der Waals surface area (Å²) in [5.74, 6) is -0.750. The van der Waals surface area contributed by atoms with Gasteiger partial charge in [-0.3, -0.25) is 19.7 Å². The Balaban J connectivity index is 1.90. The van der Waals surface area contributed by atoms with Gasteiger partial charge in [0.15, 0.2) is 6.04 Å². The summed E-state index contributed by atoms with van der Waals surface area (Å²) in [7, 11) is 0. The molecule has 116 valence electrons. The topological polar surface area (TPSA) is 94.2 Å². The van der Waals surface area contributed by atoms with Gasteiger partial charge >= 0.3 is 0 Å². The van der Waals surface area contributed by atoms with Crippen molar-refractivity contribution in [1.82, 2.24) is 0 Å². The third-order valence-corrected chi connectivity index (χ3v) is 4.09. The minimum Gasteiger partial charge on any atom is -0.370 e. The molecule has 2 aliphatic heterocycles. The van der Waals surface area contributed by atoms with Crippen molar-refractivity contribution in [3.63, 3.8) is 0 Å². The molecule has 1 aromatic rings. The molecule has 0 aromatic heterocycles. The molecular formula is C14H16N3O5+. The van der Waals surface area contributed by atoms with Gasteiger partial charge < -0.3 is 9.64 Å². The van der Waals surface area contributed by atoms with E-state index in [0.29, 0.717) is 26.3 Å². The van der Waals surface area contributed by atoms with Crippen LogP contribution in [0.2, 0.25) is 0 Å². The van der Waals surface area contributed by atoms with Gasteiger partial charge in [0.1, 0.15) is 18.8 Å². The van der Waals surface area contributed by atoms with Crippen LogP contribution in [0.15, 0.2) is 24.3 Å². The highest BCUT2D eigenvalue weighted by Gasteiger charge is 2.47. The van der Waals surface area contributed by atoms with Gasteiger partial charge in [-0.2, -0.15) is 0 Å². The molecule has 8 nitrogen and oxygen atoms in total. The smallest absolute Gasteiger partial charge is 0.293 e. The number of quaternary nitrogens is 1. The Hall–Kier alpha value is -2.32. The minimum atomic E-state index is -0.579. The Morgan fingerprint density at radius 3 is 2.59 bits per heavy atom. The molecule has 3 rings (SSSR count). The summed E-state index contributed by atoms with van der Waals surface area (Å²) >= 11 is 0. The molecule has 2 aliphatic rings. The molecule has 2 fully saturated rings. The zero-order valence-corrected chi connectivity index (χ0v) is 11.9. The average Bonchev–Trinajstić information content (AvgIpc) is 2.83. The number of nitro benzene ring substituents is 1. The molecule has 2 amide bonds. The number of nitrogens with one attached hydrogen (secondary N) is 1. The normalized spacial score (nSPS) is 23.1. The lowest BCUT2D eigenvalue weighted by atomic mass is 10.2. The van der Waals surface area contributed by atoms with Crippen LogP contribution in [-0.4, -0.2) is 49.1 Å². The maximum Gasteiger partial charge on any atom is 0.293 e. The molecule has 0 aliphatic carbocycles. The fourth-order valence-electron chi connectivity index (χ4n) is 2.99. The lowest BCUT2D eigenvalue weighted by Gasteiger charge is -2.27. The van der Waals surface area contributed by atoms with Gasteiger partial charge in [0.05, 0.1) is 24.6 Å².